The maximum atomic E-state index is 12.3. The lowest BCUT2D eigenvalue weighted by molar-refractivity contribution is 0.108. The third-order valence-corrected chi connectivity index (χ3v) is 4.83. The zero-order chi connectivity index (χ0) is 17.8. The van der Waals surface area contributed by atoms with Crippen molar-refractivity contribution in [1.82, 2.24) is 10.3 Å². The molecule has 1 aliphatic rings. The standard InChI is InChI=1S/C19H23N3O3/c1-3-16(12-5-4-6-21-10-12)25-18-8-15-14(7-17(18)24-2)19(23)13(9-20)11-22-15/h7-8,11-12,16,21H,3-6,10H2,1-2H3,(H,22,23). The Morgan fingerprint density at radius 1 is 1.40 bits per heavy atom. The molecule has 6 nitrogen and oxygen atoms in total. The minimum atomic E-state index is -0.301. The molecule has 1 aromatic heterocycles. The molecule has 0 amide bonds. The largest absolute Gasteiger partial charge is 0.493 e. The Bertz CT molecular complexity index is 847. The molecule has 2 N–H and O–H groups in total. The number of aromatic nitrogens is 1. The van der Waals surface area contributed by atoms with E-state index in [1.54, 1.807) is 19.2 Å². The summed E-state index contributed by atoms with van der Waals surface area (Å²) in [6.07, 6.45) is 4.72. The zero-order valence-electron chi connectivity index (χ0n) is 14.6. The van der Waals surface area contributed by atoms with Crippen LogP contribution in [0, 0.1) is 17.2 Å². The van der Waals surface area contributed by atoms with E-state index in [1.807, 2.05) is 6.07 Å². The van der Waals surface area contributed by atoms with Crippen LogP contribution in [0.5, 0.6) is 11.5 Å². The molecule has 0 bridgehead atoms. The number of nitrogens with one attached hydrogen (secondary N) is 2. The Labute approximate surface area is 146 Å². The molecule has 2 atom stereocenters. The molecule has 25 heavy (non-hydrogen) atoms. The summed E-state index contributed by atoms with van der Waals surface area (Å²) in [5, 5.41) is 12.9. The van der Waals surface area contributed by atoms with E-state index in [0.717, 1.165) is 32.4 Å². The molecule has 132 valence electrons. The Morgan fingerprint density at radius 2 is 2.24 bits per heavy atom. The van der Waals surface area contributed by atoms with Crippen LogP contribution in [0.2, 0.25) is 0 Å². The summed E-state index contributed by atoms with van der Waals surface area (Å²) in [5.74, 6) is 1.59. The molecule has 3 rings (SSSR count). The van der Waals surface area contributed by atoms with E-state index in [0.29, 0.717) is 28.3 Å². The van der Waals surface area contributed by atoms with Crippen LogP contribution >= 0.6 is 0 Å². The van der Waals surface area contributed by atoms with Crippen molar-refractivity contribution in [3.05, 3.63) is 34.1 Å². The van der Waals surface area contributed by atoms with E-state index in [2.05, 4.69) is 17.2 Å². The molecule has 0 aliphatic carbocycles. The third-order valence-electron chi connectivity index (χ3n) is 4.83. The molecule has 0 spiro atoms. The first kappa shape index (κ1) is 17.3. The average Bonchev–Trinajstić information content (AvgIpc) is 2.66. The van der Waals surface area contributed by atoms with Crippen LogP contribution in [-0.4, -0.2) is 31.3 Å². The molecule has 6 heteroatoms. The second-order valence-electron chi connectivity index (χ2n) is 6.36. The number of ether oxygens (including phenoxy) is 2. The predicted molar refractivity (Wildman–Crippen MR) is 96.1 cm³/mol. The van der Waals surface area contributed by atoms with Gasteiger partial charge >= 0.3 is 0 Å². The molecule has 2 heterocycles. The maximum Gasteiger partial charge on any atom is 0.207 e. The number of hydrogen-bond acceptors (Lipinski definition) is 5. The van der Waals surface area contributed by atoms with Crippen LogP contribution in [0.15, 0.2) is 23.1 Å². The van der Waals surface area contributed by atoms with Crippen LogP contribution in [0.1, 0.15) is 31.7 Å². The highest BCUT2D eigenvalue weighted by atomic mass is 16.5. The van der Waals surface area contributed by atoms with Gasteiger partial charge in [-0.15, -0.1) is 0 Å². The number of piperidine rings is 1. The molecule has 1 saturated heterocycles. The highest BCUT2D eigenvalue weighted by Crippen LogP contribution is 2.33. The second kappa shape index (κ2) is 7.58. The van der Waals surface area contributed by atoms with Crippen LogP contribution < -0.4 is 20.2 Å². The number of methoxy groups -OCH3 is 1. The van der Waals surface area contributed by atoms with Crippen molar-refractivity contribution in [1.29, 1.82) is 5.26 Å². The lowest BCUT2D eigenvalue weighted by Crippen LogP contribution is -2.39. The number of rotatable bonds is 5. The van der Waals surface area contributed by atoms with Crippen LogP contribution in [0.3, 0.4) is 0 Å². The lowest BCUT2D eigenvalue weighted by atomic mass is 9.92. The predicted octanol–water partition coefficient (Wildman–Crippen LogP) is 2.57. The van der Waals surface area contributed by atoms with Gasteiger partial charge < -0.3 is 19.8 Å². The molecule has 0 radical (unpaired) electrons. The highest BCUT2D eigenvalue weighted by Gasteiger charge is 2.25. The van der Waals surface area contributed by atoms with E-state index >= 15 is 0 Å². The number of fused-ring (bicyclic) bond motifs is 1. The van der Waals surface area contributed by atoms with Gasteiger partial charge in [-0.3, -0.25) is 4.79 Å². The van der Waals surface area contributed by atoms with Gasteiger partial charge in [-0.1, -0.05) is 6.92 Å². The summed E-state index contributed by atoms with van der Waals surface area (Å²) in [7, 11) is 1.56. The van der Waals surface area contributed by atoms with Gasteiger partial charge in [0.15, 0.2) is 11.5 Å². The average molecular weight is 341 g/mol. The minimum absolute atomic E-state index is 0.0861. The summed E-state index contributed by atoms with van der Waals surface area (Å²) >= 11 is 0. The van der Waals surface area contributed by atoms with E-state index in [4.69, 9.17) is 14.7 Å². The Kier molecular flexibility index (Phi) is 5.25. The summed E-state index contributed by atoms with van der Waals surface area (Å²) < 4.78 is 11.7. The van der Waals surface area contributed by atoms with Gasteiger partial charge in [0.2, 0.25) is 5.43 Å². The van der Waals surface area contributed by atoms with Gasteiger partial charge in [0.05, 0.1) is 18.0 Å². The number of nitriles is 1. The zero-order valence-corrected chi connectivity index (χ0v) is 14.6. The molecule has 2 aromatic rings. The van der Waals surface area contributed by atoms with Gasteiger partial charge in [0.1, 0.15) is 17.7 Å². The number of benzene rings is 1. The van der Waals surface area contributed by atoms with E-state index in [9.17, 15) is 4.79 Å². The summed E-state index contributed by atoms with van der Waals surface area (Å²) in [6.45, 7) is 4.14. The smallest absolute Gasteiger partial charge is 0.207 e. The second-order valence-corrected chi connectivity index (χ2v) is 6.36. The number of H-pyrrole nitrogens is 1. The first-order valence-corrected chi connectivity index (χ1v) is 8.68. The van der Waals surface area contributed by atoms with E-state index in [-0.39, 0.29) is 17.1 Å². The molecule has 2 unspecified atom stereocenters. The van der Waals surface area contributed by atoms with Gasteiger partial charge in [0, 0.05) is 24.7 Å². The van der Waals surface area contributed by atoms with Gasteiger partial charge in [-0.25, -0.2) is 0 Å². The summed E-state index contributed by atoms with van der Waals surface area (Å²) in [5.41, 5.74) is 0.420. The topological polar surface area (TPSA) is 87.1 Å². The Hall–Kier alpha value is -2.52. The highest BCUT2D eigenvalue weighted by molar-refractivity contribution is 5.83. The van der Waals surface area contributed by atoms with Crippen LogP contribution in [0.4, 0.5) is 0 Å². The fourth-order valence-corrected chi connectivity index (χ4v) is 3.43. The van der Waals surface area contributed by atoms with Crippen LogP contribution in [-0.2, 0) is 0 Å². The van der Waals surface area contributed by atoms with Crippen LogP contribution in [0.25, 0.3) is 10.9 Å². The summed E-state index contributed by atoms with van der Waals surface area (Å²) in [4.78, 5) is 15.3. The summed E-state index contributed by atoms with van der Waals surface area (Å²) in [6, 6.07) is 5.34. The quantitative estimate of drug-likeness (QED) is 0.873. The molecule has 1 fully saturated rings. The Morgan fingerprint density at radius 3 is 2.88 bits per heavy atom. The first-order chi connectivity index (χ1) is 12.2. The molecule has 1 aromatic carbocycles. The SMILES string of the molecule is CCC(Oc1cc2[nH]cc(C#N)c(=O)c2cc1OC)C1CCCNC1. The lowest BCUT2D eigenvalue weighted by Gasteiger charge is -2.31. The van der Waals surface area contributed by atoms with Crippen molar-refractivity contribution in [2.45, 2.75) is 32.3 Å². The number of pyridine rings is 1. The van der Waals surface area contributed by atoms with Crippen molar-refractivity contribution < 1.29 is 9.47 Å². The normalized spacial score (nSPS) is 18.5. The van der Waals surface area contributed by atoms with E-state index in [1.165, 1.54) is 6.20 Å². The van der Waals surface area contributed by atoms with Crippen molar-refractivity contribution in [2.75, 3.05) is 20.2 Å². The number of hydrogen-bond donors (Lipinski definition) is 2. The van der Waals surface area contributed by atoms with Crippen molar-refractivity contribution in [2.24, 2.45) is 5.92 Å². The van der Waals surface area contributed by atoms with Gasteiger partial charge in [-0.2, -0.15) is 5.26 Å². The fourth-order valence-electron chi connectivity index (χ4n) is 3.43. The molecular formula is C19H23N3O3. The molecular weight excluding hydrogens is 318 g/mol. The Balaban J connectivity index is 1.97. The molecule has 0 saturated carbocycles. The van der Waals surface area contributed by atoms with Crippen molar-refractivity contribution >= 4 is 10.9 Å². The fraction of sp³-hybridized carbons (Fsp3) is 0.474. The molecule has 1 aliphatic heterocycles. The maximum absolute atomic E-state index is 12.3. The van der Waals surface area contributed by atoms with E-state index < -0.39 is 0 Å². The minimum Gasteiger partial charge on any atom is -0.493 e. The van der Waals surface area contributed by atoms with Crippen molar-refractivity contribution in [3.63, 3.8) is 0 Å². The number of aromatic amines is 1. The third kappa shape index (κ3) is 3.47. The first-order valence-electron chi connectivity index (χ1n) is 8.68. The van der Waals surface area contributed by atoms with Gasteiger partial charge in [-0.05, 0) is 31.9 Å². The van der Waals surface area contributed by atoms with Crippen molar-refractivity contribution in [3.8, 4) is 17.6 Å². The van der Waals surface area contributed by atoms with Gasteiger partial charge in [0.25, 0.3) is 0 Å². The number of nitrogens with zero attached hydrogens (tertiary/aromatic N) is 1. The monoisotopic (exact) mass is 341 g/mol.